The highest BCUT2D eigenvalue weighted by Gasteiger charge is 2.43. The SMILES string of the molecule is Cn1cccc1C(=O)N[C@H]1C[C@@H](C(=O)O)N(C(=O)CSCC(=O)N2CC[C@H](NC(=O)c3cccs3)[C@H]2C(=O)O)C1. The zero-order chi connectivity index (χ0) is 29.0. The number of likely N-dealkylation sites (tertiary alicyclic amines) is 2. The number of hydrogen-bond acceptors (Lipinski definition) is 8. The third kappa shape index (κ3) is 6.47. The topological polar surface area (TPSA) is 178 Å². The molecule has 0 unspecified atom stereocenters. The monoisotopic (exact) mass is 591 g/mol. The Balaban J connectivity index is 1.29. The van der Waals surface area contributed by atoms with Crippen LogP contribution in [0.3, 0.4) is 0 Å². The largest absolute Gasteiger partial charge is 0.480 e. The van der Waals surface area contributed by atoms with Gasteiger partial charge in [-0.05, 0) is 30.0 Å². The number of nitrogens with zero attached hydrogens (tertiary/aromatic N) is 3. The number of aliphatic carboxylic acids is 2. The second-order valence-corrected chi connectivity index (χ2v) is 11.5. The number of nitrogens with one attached hydrogen (secondary N) is 2. The van der Waals surface area contributed by atoms with Gasteiger partial charge in [0, 0.05) is 38.8 Å². The fourth-order valence-electron chi connectivity index (χ4n) is 4.97. The van der Waals surface area contributed by atoms with Crippen LogP contribution in [0.4, 0.5) is 0 Å². The van der Waals surface area contributed by atoms with Gasteiger partial charge in [0.1, 0.15) is 17.8 Å². The van der Waals surface area contributed by atoms with Gasteiger partial charge in [0.25, 0.3) is 11.8 Å². The van der Waals surface area contributed by atoms with Crippen molar-refractivity contribution in [3.63, 3.8) is 0 Å². The number of hydrogen-bond donors (Lipinski definition) is 4. The number of thiophene rings is 1. The molecule has 0 bridgehead atoms. The first-order chi connectivity index (χ1) is 19.1. The molecule has 2 aliphatic rings. The molecule has 4 N–H and O–H groups in total. The van der Waals surface area contributed by atoms with Crippen LogP contribution in [0.1, 0.15) is 33.0 Å². The number of amides is 4. The van der Waals surface area contributed by atoms with Crippen LogP contribution in [0.5, 0.6) is 0 Å². The molecular weight excluding hydrogens is 562 g/mol. The lowest BCUT2D eigenvalue weighted by Gasteiger charge is -2.25. The van der Waals surface area contributed by atoms with Crippen LogP contribution >= 0.6 is 23.1 Å². The van der Waals surface area contributed by atoms with E-state index in [0.717, 1.165) is 11.8 Å². The molecule has 0 aromatic carbocycles. The summed E-state index contributed by atoms with van der Waals surface area (Å²) in [5, 5.41) is 26.6. The predicted octanol–water partition coefficient (Wildman–Crippen LogP) is 0.0878. The number of carbonyl (C=O) groups is 6. The smallest absolute Gasteiger partial charge is 0.328 e. The average Bonchev–Trinajstić information content (AvgIpc) is 3.69. The van der Waals surface area contributed by atoms with Crippen molar-refractivity contribution < 1.29 is 39.0 Å². The first-order valence-corrected chi connectivity index (χ1v) is 14.5. The summed E-state index contributed by atoms with van der Waals surface area (Å²) in [6, 6.07) is 2.99. The van der Waals surface area contributed by atoms with Crippen LogP contribution in [0.15, 0.2) is 35.8 Å². The van der Waals surface area contributed by atoms with Crippen molar-refractivity contribution in [1.82, 2.24) is 25.0 Å². The van der Waals surface area contributed by atoms with Crippen LogP contribution in [0, 0.1) is 0 Å². The number of carboxylic acid groups (broad SMARTS) is 2. The third-order valence-electron chi connectivity index (χ3n) is 6.90. The minimum atomic E-state index is -1.24. The van der Waals surface area contributed by atoms with Gasteiger partial charge in [-0.1, -0.05) is 6.07 Å². The summed E-state index contributed by atoms with van der Waals surface area (Å²) in [4.78, 5) is 77.3. The van der Waals surface area contributed by atoms with Crippen LogP contribution in [0.2, 0.25) is 0 Å². The molecule has 2 saturated heterocycles. The Morgan fingerprint density at radius 1 is 0.975 bits per heavy atom. The Hall–Kier alpha value is -3.85. The molecule has 40 heavy (non-hydrogen) atoms. The van der Waals surface area contributed by atoms with E-state index in [1.165, 1.54) is 21.1 Å². The summed E-state index contributed by atoms with van der Waals surface area (Å²) in [5.74, 6) is -4.61. The Morgan fingerprint density at radius 2 is 1.70 bits per heavy atom. The molecule has 2 aromatic rings. The van der Waals surface area contributed by atoms with E-state index in [1.54, 1.807) is 47.5 Å². The lowest BCUT2D eigenvalue weighted by molar-refractivity contribution is -0.147. The first-order valence-electron chi connectivity index (χ1n) is 12.5. The number of carbonyl (C=O) groups excluding carboxylic acids is 4. The summed E-state index contributed by atoms with van der Waals surface area (Å²) < 4.78 is 1.63. The molecule has 4 amide bonds. The van der Waals surface area contributed by atoms with Crippen molar-refractivity contribution in [2.24, 2.45) is 7.05 Å². The van der Waals surface area contributed by atoms with Crippen LogP contribution < -0.4 is 10.6 Å². The molecule has 4 heterocycles. The van der Waals surface area contributed by atoms with Crippen LogP contribution in [0.25, 0.3) is 0 Å². The highest BCUT2D eigenvalue weighted by molar-refractivity contribution is 8.00. The fourth-order valence-corrected chi connectivity index (χ4v) is 6.38. The summed E-state index contributed by atoms with van der Waals surface area (Å²) in [6.45, 7) is 0.148. The lowest BCUT2D eigenvalue weighted by atomic mass is 10.1. The van der Waals surface area contributed by atoms with Crippen molar-refractivity contribution >= 4 is 58.7 Å². The maximum atomic E-state index is 12.9. The predicted molar refractivity (Wildman–Crippen MR) is 145 cm³/mol. The van der Waals surface area contributed by atoms with Gasteiger partial charge in [0.15, 0.2) is 0 Å². The molecule has 214 valence electrons. The zero-order valence-corrected chi connectivity index (χ0v) is 23.2. The molecule has 2 aromatic heterocycles. The molecule has 0 radical (unpaired) electrons. The van der Waals surface area contributed by atoms with E-state index in [-0.39, 0.29) is 43.3 Å². The van der Waals surface area contributed by atoms with Gasteiger partial charge in [-0.3, -0.25) is 19.2 Å². The maximum absolute atomic E-state index is 12.9. The molecule has 0 aliphatic carbocycles. The maximum Gasteiger partial charge on any atom is 0.328 e. The van der Waals surface area contributed by atoms with E-state index >= 15 is 0 Å². The molecule has 0 spiro atoms. The standard InChI is InChI=1S/C25H29N5O8S2/c1-28-7-2-4-16(28)22(33)26-14-10-17(24(35)36)30(11-14)20(32)13-39-12-19(31)29-8-6-15(21(29)25(37)38)27-23(34)18-5-3-9-40-18/h2-5,7,9,14-15,17,21H,6,8,10-13H2,1H3,(H,26,33)(H,27,34)(H,35,36)(H,37,38)/t14-,15-,17-,21-/m0/s1. The molecule has 13 nitrogen and oxygen atoms in total. The molecule has 15 heteroatoms. The normalized spacial score (nSPS) is 22.2. The van der Waals surface area contributed by atoms with E-state index < -0.39 is 53.8 Å². The minimum Gasteiger partial charge on any atom is -0.480 e. The molecule has 2 aliphatic heterocycles. The summed E-state index contributed by atoms with van der Waals surface area (Å²) in [7, 11) is 1.71. The highest BCUT2D eigenvalue weighted by atomic mass is 32.2. The van der Waals surface area contributed by atoms with E-state index in [0.29, 0.717) is 10.6 Å². The Bertz CT molecular complexity index is 1300. The van der Waals surface area contributed by atoms with Crippen molar-refractivity contribution in [3.8, 4) is 0 Å². The van der Waals surface area contributed by atoms with Gasteiger partial charge in [-0.2, -0.15) is 0 Å². The van der Waals surface area contributed by atoms with Crippen molar-refractivity contribution in [1.29, 1.82) is 0 Å². The van der Waals surface area contributed by atoms with Crippen molar-refractivity contribution in [2.75, 3.05) is 24.6 Å². The van der Waals surface area contributed by atoms with E-state index in [2.05, 4.69) is 10.6 Å². The fraction of sp³-hybridized carbons (Fsp3) is 0.440. The van der Waals surface area contributed by atoms with Gasteiger partial charge >= 0.3 is 11.9 Å². The molecule has 2 fully saturated rings. The second-order valence-electron chi connectivity index (χ2n) is 9.52. The van der Waals surface area contributed by atoms with Crippen LogP contribution in [-0.2, 0) is 26.2 Å². The molecule has 0 saturated carbocycles. The number of carboxylic acids is 2. The molecule has 4 atom stereocenters. The van der Waals surface area contributed by atoms with E-state index in [1.807, 2.05) is 0 Å². The van der Waals surface area contributed by atoms with E-state index in [9.17, 15) is 39.0 Å². The number of aryl methyl sites for hydroxylation is 1. The average molecular weight is 592 g/mol. The second kappa shape index (κ2) is 12.6. The van der Waals surface area contributed by atoms with E-state index in [4.69, 9.17) is 0 Å². The van der Waals surface area contributed by atoms with Crippen molar-refractivity contribution in [3.05, 3.63) is 46.4 Å². The zero-order valence-electron chi connectivity index (χ0n) is 21.5. The van der Waals surface area contributed by atoms with Gasteiger partial charge in [-0.25, -0.2) is 9.59 Å². The van der Waals surface area contributed by atoms with Gasteiger partial charge < -0.3 is 35.2 Å². The minimum absolute atomic E-state index is 0.0132. The van der Waals surface area contributed by atoms with Gasteiger partial charge in [0.05, 0.1) is 22.4 Å². The first kappa shape index (κ1) is 29.1. The van der Waals surface area contributed by atoms with Crippen LogP contribution in [-0.4, -0.2) is 109 Å². The van der Waals surface area contributed by atoms with Gasteiger partial charge in [0.2, 0.25) is 11.8 Å². The Kier molecular flexibility index (Phi) is 9.14. The van der Waals surface area contributed by atoms with Crippen molar-refractivity contribution in [2.45, 2.75) is 37.0 Å². The number of aromatic nitrogens is 1. The summed E-state index contributed by atoms with van der Waals surface area (Å²) in [5.41, 5.74) is 0.403. The number of thioether (sulfide) groups is 1. The summed E-state index contributed by atoms with van der Waals surface area (Å²) in [6.07, 6.45) is 2.03. The molecular formula is C25H29N5O8S2. The lowest BCUT2D eigenvalue weighted by Crippen LogP contribution is -2.51. The van der Waals surface area contributed by atoms with Gasteiger partial charge in [-0.15, -0.1) is 23.1 Å². The number of rotatable bonds is 10. The Labute approximate surface area is 237 Å². The molecule has 4 rings (SSSR count). The highest BCUT2D eigenvalue weighted by Crippen LogP contribution is 2.23. The summed E-state index contributed by atoms with van der Waals surface area (Å²) >= 11 is 2.18. The quantitative estimate of drug-likeness (QED) is 0.298. The third-order valence-corrected chi connectivity index (χ3v) is 8.67. The Morgan fingerprint density at radius 3 is 2.30 bits per heavy atom.